The summed E-state index contributed by atoms with van der Waals surface area (Å²) in [5, 5.41) is 37.6. The van der Waals surface area contributed by atoms with Gasteiger partial charge in [-0.25, -0.2) is 0 Å². The predicted octanol–water partition coefficient (Wildman–Crippen LogP) is -1.23. The maximum Gasteiger partial charge on any atom is 0.491 e. The molecule has 0 saturated carbocycles. The van der Waals surface area contributed by atoms with Gasteiger partial charge < -0.3 is 40.4 Å². The van der Waals surface area contributed by atoms with Gasteiger partial charge in [-0.1, -0.05) is 18.2 Å². The molecule has 0 radical (unpaired) electrons. The fourth-order valence-corrected chi connectivity index (χ4v) is 5.00. The van der Waals surface area contributed by atoms with E-state index in [2.05, 4.69) is 20.9 Å². The van der Waals surface area contributed by atoms with Gasteiger partial charge in [0.25, 0.3) is 11.8 Å². The SMILES string of the molecule is C[C@H](NC(=O)c1ccc2c(c1)B(O)OC2)[C@H](NC(=O)c1ccc2c(c1)B(O)OC2)C(=O)N[C@@H](CC(=O)O)c1cccnc1. The number of aliphatic carboxylic acids is 1. The van der Waals surface area contributed by atoms with Gasteiger partial charge in [0.1, 0.15) is 6.04 Å². The van der Waals surface area contributed by atoms with Crippen molar-refractivity contribution in [1.29, 1.82) is 0 Å². The average Bonchev–Trinajstić information content (AvgIpc) is 3.56. The minimum Gasteiger partial charge on any atom is -0.481 e. The summed E-state index contributed by atoms with van der Waals surface area (Å²) in [7, 11) is -2.35. The van der Waals surface area contributed by atoms with Crippen molar-refractivity contribution in [2.75, 3.05) is 0 Å². The Balaban J connectivity index is 1.39. The van der Waals surface area contributed by atoms with Crippen molar-refractivity contribution >= 4 is 48.9 Å². The van der Waals surface area contributed by atoms with Crippen molar-refractivity contribution < 1.29 is 43.6 Å². The maximum atomic E-state index is 13.7. The number of rotatable bonds is 10. The molecular weight excluding hydrogens is 558 g/mol. The van der Waals surface area contributed by atoms with E-state index < -0.39 is 62.5 Å². The van der Waals surface area contributed by atoms with E-state index in [4.69, 9.17) is 9.31 Å². The highest BCUT2D eigenvalue weighted by Gasteiger charge is 2.34. The summed E-state index contributed by atoms with van der Waals surface area (Å²) in [6.45, 7) is 1.92. The van der Waals surface area contributed by atoms with Crippen molar-refractivity contribution in [1.82, 2.24) is 20.9 Å². The molecule has 13 nitrogen and oxygen atoms in total. The van der Waals surface area contributed by atoms with Crippen LogP contribution in [0.2, 0.25) is 0 Å². The first-order valence-corrected chi connectivity index (χ1v) is 13.5. The minimum atomic E-state index is -1.36. The van der Waals surface area contributed by atoms with Gasteiger partial charge in [-0.05, 0) is 64.9 Å². The Morgan fingerprint density at radius 1 is 0.884 bits per heavy atom. The summed E-state index contributed by atoms with van der Waals surface area (Å²) in [5.41, 5.74) is 3.12. The molecule has 2 aromatic carbocycles. The van der Waals surface area contributed by atoms with Crippen LogP contribution in [0.5, 0.6) is 0 Å². The molecule has 0 aliphatic carbocycles. The van der Waals surface area contributed by atoms with Gasteiger partial charge in [-0.2, -0.15) is 0 Å². The van der Waals surface area contributed by atoms with Crippen molar-refractivity contribution in [3.63, 3.8) is 0 Å². The van der Waals surface area contributed by atoms with Gasteiger partial charge in [0.2, 0.25) is 5.91 Å². The fraction of sp³-hybridized carbons (Fsp3) is 0.250. The molecule has 3 aromatic rings. The standard InChI is InChI=1S/C28H28B2N4O9/c1-15(32-26(37)16-4-6-19-13-42-29(40)21(19)9-16)25(28(39)33-23(11-24(35)36)18-3-2-8-31-12-18)34-27(38)17-5-7-20-14-43-30(41)22(20)10-17/h2-10,12,15,23,25,40-41H,11,13-14H2,1H3,(H,32,37)(H,33,39)(H,34,38)(H,35,36)/t15-,23-,25-/m0/s1. The molecule has 220 valence electrons. The van der Waals surface area contributed by atoms with Crippen molar-refractivity contribution in [2.24, 2.45) is 0 Å². The molecule has 0 bridgehead atoms. The third-order valence-electron chi connectivity index (χ3n) is 7.35. The molecule has 0 unspecified atom stereocenters. The topological polar surface area (TPSA) is 196 Å². The number of nitrogens with one attached hydrogen (secondary N) is 3. The molecule has 3 atom stereocenters. The van der Waals surface area contributed by atoms with Crippen LogP contribution in [0.3, 0.4) is 0 Å². The molecule has 2 aliphatic heterocycles. The van der Waals surface area contributed by atoms with Gasteiger partial charge in [0.05, 0.1) is 31.7 Å². The zero-order valence-electron chi connectivity index (χ0n) is 23.0. The second kappa shape index (κ2) is 12.8. The Hall–Kier alpha value is -4.56. The molecule has 0 fully saturated rings. The quantitative estimate of drug-likeness (QED) is 0.157. The molecular formula is C28H28B2N4O9. The van der Waals surface area contributed by atoms with E-state index >= 15 is 0 Å². The zero-order chi connectivity index (χ0) is 30.7. The smallest absolute Gasteiger partial charge is 0.481 e. The fourth-order valence-electron chi connectivity index (χ4n) is 5.00. The molecule has 2 aliphatic rings. The first-order chi connectivity index (χ1) is 20.6. The van der Waals surface area contributed by atoms with Crippen LogP contribution in [0.4, 0.5) is 0 Å². The number of benzene rings is 2. The Morgan fingerprint density at radius 2 is 1.47 bits per heavy atom. The van der Waals surface area contributed by atoms with Crippen LogP contribution in [0.1, 0.15) is 56.8 Å². The molecule has 0 saturated heterocycles. The maximum absolute atomic E-state index is 13.7. The van der Waals surface area contributed by atoms with Crippen LogP contribution in [-0.4, -0.2) is 70.1 Å². The first kappa shape index (κ1) is 29.9. The number of fused-ring (bicyclic) bond motifs is 2. The summed E-state index contributed by atoms with van der Waals surface area (Å²) in [6.07, 6.45) is 2.48. The second-order valence-electron chi connectivity index (χ2n) is 10.3. The van der Waals surface area contributed by atoms with Gasteiger partial charge >= 0.3 is 20.2 Å². The summed E-state index contributed by atoms with van der Waals surface area (Å²) in [4.78, 5) is 55.8. The first-order valence-electron chi connectivity index (χ1n) is 13.5. The summed E-state index contributed by atoms with van der Waals surface area (Å²) >= 11 is 0. The lowest BCUT2D eigenvalue weighted by Crippen LogP contribution is -2.58. The summed E-state index contributed by atoms with van der Waals surface area (Å²) < 4.78 is 10.4. The number of carboxylic acid groups (broad SMARTS) is 1. The van der Waals surface area contributed by atoms with E-state index in [9.17, 15) is 34.3 Å². The molecule has 43 heavy (non-hydrogen) atoms. The Morgan fingerprint density at radius 3 is 2.00 bits per heavy atom. The summed E-state index contributed by atoms with van der Waals surface area (Å²) in [6, 6.07) is 9.21. The molecule has 15 heteroatoms. The van der Waals surface area contributed by atoms with E-state index in [-0.39, 0.29) is 24.3 Å². The van der Waals surface area contributed by atoms with Crippen LogP contribution < -0.4 is 26.9 Å². The number of hydrogen-bond acceptors (Lipinski definition) is 9. The second-order valence-corrected chi connectivity index (χ2v) is 10.3. The van der Waals surface area contributed by atoms with Crippen LogP contribution in [0.25, 0.3) is 0 Å². The number of carbonyl (C=O) groups excluding carboxylic acids is 3. The average molecular weight is 586 g/mol. The Kier molecular flexibility index (Phi) is 8.87. The minimum absolute atomic E-state index is 0.140. The van der Waals surface area contributed by atoms with Gasteiger partial charge in [-0.15, -0.1) is 0 Å². The predicted molar refractivity (Wildman–Crippen MR) is 153 cm³/mol. The molecule has 3 heterocycles. The van der Waals surface area contributed by atoms with Crippen molar-refractivity contribution in [2.45, 2.75) is 44.7 Å². The largest absolute Gasteiger partial charge is 0.491 e. The Bertz CT molecular complexity index is 1560. The third kappa shape index (κ3) is 6.75. The van der Waals surface area contributed by atoms with E-state index in [0.29, 0.717) is 16.5 Å². The zero-order valence-corrected chi connectivity index (χ0v) is 23.0. The monoisotopic (exact) mass is 586 g/mol. The third-order valence-corrected chi connectivity index (χ3v) is 7.35. The molecule has 0 spiro atoms. The highest BCUT2D eigenvalue weighted by atomic mass is 16.5. The number of carboxylic acids is 1. The van der Waals surface area contributed by atoms with E-state index in [0.717, 1.165) is 11.1 Å². The van der Waals surface area contributed by atoms with E-state index in [1.165, 1.54) is 37.5 Å². The van der Waals surface area contributed by atoms with Gasteiger partial charge in [-0.3, -0.25) is 24.2 Å². The highest BCUT2D eigenvalue weighted by Crippen LogP contribution is 2.17. The lowest BCUT2D eigenvalue weighted by atomic mass is 9.78. The van der Waals surface area contributed by atoms with Crippen LogP contribution >= 0.6 is 0 Å². The molecule has 1 aromatic heterocycles. The van der Waals surface area contributed by atoms with Crippen LogP contribution in [0, 0.1) is 0 Å². The number of aromatic nitrogens is 1. The van der Waals surface area contributed by atoms with Gasteiger partial charge in [0, 0.05) is 23.5 Å². The lowest BCUT2D eigenvalue weighted by Gasteiger charge is -2.28. The van der Waals surface area contributed by atoms with Crippen LogP contribution in [-0.2, 0) is 32.1 Å². The van der Waals surface area contributed by atoms with Gasteiger partial charge in [0.15, 0.2) is 0 Å². The van der Waals surface area contributed by atoms with E-state index in [1.807, 2.05) is 0 Å². The van der Waals surface area contributed by atoms with E-state index in [1.54, 1.807) is 30.3 Å². The Labute approximate surface area is 246 Å². The molecule has 3 amide bonds. The number of hydrogen-bond donors (Lipinski definition) is 6. The molecule has 6 N–H and O–H groups in total. The number of nitrogens with zero attached hydrogens (tertiary/aromatic N) is 1. The summed E-state index contributed by atoms with van der Waals surface area (Å²) in [5.74, 6) is -3.16. The molecule has 5 rings (SSSR count). The normalized spacial score (nSPS) is 15.6. The van der Waals surface area contributed by atoms with Crippen LogP contribution in [0.15, 0.2) is 60.9 Å². The lowest BCUT2D eigenvalue weighted by molar-refractivity contribution is -0.137. The number of amides is 3. The van der Waals surface area contributed by atoms with Crippen molar-refractivity contribution in [3.8, 4) is 0 Å². The highest BCUT2D eigenvalue weighted by molar-refractivity contribution is 6.62. The number of carbonyl (C=O) groups is 4. The number of pyridine rings is 1. The van der Waals surface area contributed by atoms with Crippen molar-refractivity contribution in [3.05, 3.63) is 88.7 Å².